The van der Waals surface area contributed by atoms with Gasteiger partial charge in [-0.15, -0.1) is 0 Å². The van der Waals surface area contributed by atoms with Crippen molar-refractivity contribution in [3.05, 3.63) is 70.9 Å². The number of aromatic nitrogens is 1. The molecule has 1 heterocycles. The minimum atomic E-state index is -0.631. The molecule has 0 unspecified atom stereocenters. The van der Waals surface area contributed by atoms with Crippen LogP contribution in [0.25, 0.3) is 10.9 Å². The summed E-state index contributed by atoms with van der Waals surface area (Å²) in [4.78, 5) is 39.7. The molecule has 0 bridgehead atoms. The number of benzene rings is 2. The fraction of sp³-hybridized carbons (Fsp3) is 0.100. The maximum atomic E-state index is 12.2. The zero-order valence-electron chi connectivity index (χ0n) is 14.8. The second-order valence-corrected chi connectivity index (χ2v) is 6.12. The number of halogens is 1. The van der Waals surface area contributed by atoms with Crippen LogP contribution in [0.3, 0.4) is 0 Å². The number of ether oxygens (including phenoxy) is 2. The number of hydrogen-bond donors (Lipinski definition) is 1. The van der Waals surface area contributed by atoms with Crippen molar-refractivity contribution in [2.75, 3.05) is 19.0 Å². The van der Waals surface area contributed by atoms with Crippen LogP contribution in [-0.2, 0) is 14.3 Å². The highest BCUT2D eigenvalue weighted by Crippen LogP contribution is 2.17. The number of amides is 1. The van der Waals surface area contributed by atoms with E-state index >= 15 is 0 Å². The Morgan fingerprint density at radius 2 is 1.68 bits per heavy atom. The Hall–Kier alpha value is -3.45. The first kappa shape index (κ1) is 19.3. The Morgan fingerprint density at radius 3 is 2.39 bits per heavy atom. The van der Waals surface area contributed by atoms with Gasteiger partial charge in [-0.3, -0.25) is 4.79 Å². The maximum Gasteiger partial charge on any atom is 0.338 e. The predicted octanol–water partition coefficient (Wildman–Crippen LogP) is 3.47. The lowest BCUT2D eigenvalue weighted by Crippen LogP contribution is -2.21. The Morgan fingerprint density at radius 1 is 0.964 bits per heavy atom. The summed E-state index contributed by atoms with van der Waals surface area (Å²) in [5, 5.41) is 3.67. The van der Waals surface area contributed by atoms with Crippen molar-refractivity contribution in [1.29, 1.82) is 0 Å². The zero-order valence-corrected chi connectivity index (χ0v) is 15.5. The molecular formula is C20H15ClN2O5. The average molecular weight is 399 g/mol. The number of nitrogens with zero attached hydrogens (tertiary/aromatic N) is 1. The quantitative estimate of drug-likeness (QED) is 0.522. The molecule has 0 saturated carbocycles. The number of nitrogens with one attached hydrogen (secondary N) is 1. The molecule has 0 aliphatic heterocycles. The molecule has 0 fully saturated rings. The second-order valence-electron chi connectivity index (χ2n) is 5.73. The molecule has 8 heteroatoms. The summed E-state index contributed by atoms with van der Waals surface area (Å²) in [6.45, 7) is -0.450. The van der Waals surface area contributed by atoms with Gasteiger partial charge in [0.05, 0.1) is 23.8 Å². The molecule has 142 valence electrons. The Kier molecular flexibility index (Phi) is 5.86. The Balaban J connectivity index is 1.57. The van der Waals surface area contributed by atoms with Gasteiger partial charge in [0, 0.05) is 11.1 Å². The van der Waals surface area contributed by atoms with Crippen molar-refractivity contribution in [1.82, 2.24) is 4.98 Å². The lowest BCUT2D eigenvalue weighted by Gasteiger charge is -2.08. The topological polar surface area (TPSA) is 94.6 Å². The van der Waals surface area contributed by atoms with Crippen molar-refractivity contribution < 1.29 is 23.9 Å². The van der Waals surface area contributed by atoms with Gasteiger partial charge in [0.15, 0.2) is 6.61 Å². The van der Waals surface area contributed by atoms with Crippen LogP contribution in [0.5, 0.6) is 0 Å². The number of esters is 2. The van der Waals surface area contributed by atoms with Crippen molar-refractivity contribution in [3.63, 3.8) is 0 Å². The summed E-state index contributed by atoms with van der Waals surface area (Å²) in [5.74, 6) is -1.61. The van der Waals surface area contributed by atoms with Crippen LogP contribution < -0.4 is 5.32 Å². The van der Waals surface area contributed by atoms with E-state index in [1.165, 1.54) is 19.2 Å². The third kappa shape index (κ3) is 4.63. The largest absolute Gasteiger partial charge is 0.465 e. The average Bonchev–Trinajstić information content (AvgIpc) is 2.71. The van der Waals surface area contributed by atoms with E-state index in [9.17, 15) is 14.4 Å². The fourth-order valence-electron chi connectivity index (χ4n) is 2.45. The normalized spacial score (nSPS) is 10.4. The highest BCUT2D eigenvalue weighted by atomic mass is 35.5. The monoisotopic (exact) mass is 398 g/mol. The number of pyridine rings is 1. The number of anilines is 1. The number of hydrogen-bond acceptors (Lipinski definition) is 6. The van der Waals surface area contributed by atoms with Crippen LogP contribution in [0.15, 0.2) is 54.6 Å². The van der Waals surface area contributed by atoms with E-state index in [0.717, 1.165) is 5.39 Å². The summed E-state index contributed by atoms with van der Waals surface area (Å²) >= 11 is 5.83. The number of methoxy groups -OCH3 is 1. The molecule has 0 aliphatic rings. The maximum absolute atomic E-state index is 12.2. The third-order valence-electron chi connectivity index (χ3n) is 3.82. The lowest BCUT2D eigenvalue weighted by molar-refractivity contribution is -0.119. The molecule has 0 atom stereocenters. The first-order valence-electron chi connectivity index (χ1n) is 8.18. The lowest BCUT2D eigenvalue weighted by atomic mass is 10.1. The van der Waals surface area contributed by atoms with Gasteiger partial charge in [0.1, 0.15) is 5.15 Å². The van der Waals surface area contributed by atoms with E-state index in [0.29, 0.717) is 27.5 Å². The highest BCUT2D eigenvalue weighted by Gasteiger charge is 2.12. The van der Waals surface area contributed by atoms with E-state index in [2.05, 4.69) is 15.0 Å². The minimum Gasteiger partial charge on any atom is -0.465 e. The molecule has 3 aromatic rings. The van der Waals surface area contributed by atoms with Crippen LogP contribution in [0.1, 0.15) is 20.7 Å². The van der Waals surface area contributed by atoms with Crippen LogP contribution in [-0.4, -0.2) is 36.5 Å². The summed E-state index contributed by atoms with van der Waals surface area (Å²) in [7, 11) is 1.29. The second kappa shape index (κ2) is 8.49. The van der Waals surface area contributed by atoms with Gasteiger partial charge in [-0.1, -0.05) is 11.6 Å². The number of fused-ring (bicyclic) bond motifs is 1. The molecule has 1 amide bonds. The molecule has 0 spiro atoms. The van der Waals surface area contributed by atoms with Gasteiger partial charge >= 0.3 is 11.9 Å². The zero-order chi connectivity index (χ0) is 20.1. The molecule has 3 rings (SSSR count). The van der Waals surface area contributed by atoms with Crippen LogP contribution >= 0.6 is 11.6 Å². The Labute approximate surface area is 165 Å². The van der Waals surface area contributed by atoms with Crippen molar-refractivity contribution in [2.24, 2.45) is 0 Å². The molecular weight excluding hydrogens is 384 g/mol. The van der Waals surface area contributed by atoms with Crippen molar-refractivity contribution in [2.45, 2.75) is 0 Å². The number of carbonyl (C=O) groups excluding carboxylic acids is 3. The molecule has 1 N–H and O–H groups in total. The summed E-state index contributed by atoms with van der Waals surface area (Å²) in [5.41, 5.74) is 1.77. The standard InChI is InChI=1S/C20H15ClN2O5/c1-27-19(25)12-2-6-15(7-3-12)22-18(24)11-28-20(26)14-4-8-16-13(10-14)5-9-17(21)23-16/h2-10H,11H2,1H3,(H,22,24). The van der Waals surface area contributed by atoms with Gasteiger partial charge in [0.2, 0.25) is 0 Å². The smallest absolute Gasteiger partial charge is 0.338 e. The van der Waals surface area contributed by atoms with Crippen molar-refractivity contribution >= 4 is 46.0 Å². The minimum absolute atomic E-state index is 0.298. The first-order valence-corrected chi connectivity index (χ1v) is 8.56. The van der Waals surface area contributed by atoms with Crippen LogP contribution in [0, 0.1) is 0 Å². The molecule has 1 aromatic heterocycles. The van der Waals surface area contributed by atoms with E-state index in [1.807, 2.05) is 0 Å². The molecule has 7 nitrogen and oxygen atoms in total. The molecule has 0 radical (unpaired) electrons. The molecule has 2 aromatic carbocycles. The highest BCUT2D eigenvalue weighted by molar-refractivity contribution is 6.29. The summed E-state index contributed by atoms with van der Waals surface area (Å²) < 4.78 is 9.65. The number of carbonyl (C=O) groups is 3. The molecule has 0 saturated heterocycles. The van der Waals surface area contributed by atoms with Gasteiger partial charge in [0.25, 0.3) is 5.91 Å². The van der Waals surface area contributed by atoms with E-state index < -0.39 is 24.5 Å². The first-order chi connectivity index (χ1) is 13.5. The number of rotatable bonds is 5. The summed E-state index contributed by atoms with van der Waals surface area (Å²) in [6, 6.07) is 14.3. The van der Waals surface area contributed by atoms with Crippen LogP contribution in [0.2, 0.25) is 5.15 Å². The molecule has 0 aliphatic carbocycles. The molecule has 28 heavy (non-hydrogen) atoms. The van der Waals surface area contributed by atoms with Gasteiger partial charge in [-0.05, 0) is 54.6 Å². The van der Waals surface area contributed by atoms with Gasteiger partial charge in [-0.2, -0.15) is 0 Å². The predicted molar refractivity (Wildman–Crippen MR) is 103 cm³/mol. The Bertz CT molecular complexity index is 1050. The SMILES string of the molecule is COC(=O)c1ccc(NC(=O)COC(=O)c2ccc3nc(Cl)ccc3c2)cc1. The van der Waals surface area contributed by atoms with Crippen LogP contribution in [0.4, 0.5) is 5.69 Å². The summed E-state index contributed by atoms with van der Waals surface area (Å²) in [6.07, 6.45) is 0. The fourth-order valence-corrected chi connectivity index (χ4v) is 2.60. The van der Waals surface area contributed by atoms with E-state index in [4.69, 9.17) is 16.3 Å². The van der Waals surface area contributed by atoms with Gasteiger partial charge in [-0.25, -0.2) is 14.6 Å². The van der Waals surface area contributed by atoms with E-state index in [-0.39, 0.29) is 0 Å². The van der Waals surface area contributed by atoms with Crippen molar-refractivity contribution in [3.8, 4) is 0 Å². The van der Waals surface area contributed by atoms with Gasteiger partial charge < -0.3 is 14.8 Å². The van der Waals surface area contributed by atoms with E-state index in [1.54, 1.807) is 42.5 Å². The third-order valence-corrected chi connectivity index (χ3v) is 4.03.